The van der Waals surface area contributed by atoms with Crippen LogP contribution in [-0.4, -0.2) is 46.0 Å². The molecule has 1 aliphatic heterocycles. The molecule has 34 heavy (non-hydrogen) atoms. The third kappa shape index (κ3) is 4.83. The summed E-state index contributed by atoms with van der Waals surface area (Å²) >= 11 is 0. The molecule has 0 aliphatic carbocycles. The number of benzene rings is 2. The Morgan fingerprint density at radius 2 is 1.88 bits per heavy atom. The standard InChI is InChI=1S/C24H23N3O2.C4H10O/c1-14-13-19-17(4-6-21(25-2)27-19)23(16(14)8-11-28)18-3-5-20-22-15(9-12-29-20)7-10-26-24(18)22;1-4(2,3)5/h3-7,10,13,28H,8-9,11-12H2,1-2H3,(H,25,27);5H,1-3H3. The summed E-state index contributed by atoms with van der Waals surface area (Å²) in [4.78, 5) is 9.52. The van der Waals surface area contributed by atoms with E-state index in [9.17, 15) is 5.11 Å². The maximum absolute atomic E-state index is 9.76. The second-order valence-electron chi connectivity index (χ2n) is 9.61. The van der Waals surface area contributed by atoms with Gasteiger partial charge in [-0.25, -0.2) is 4.98 Å². The van der Waals surface area contributed by atoms with Gasteiger partial charge >= 0.3 is 0 Å². The molecule has 0 radical (unpaired) electrons. The summed E-state index contributed by atoms with van der Waals surface area (Å²) in [5, 5.41) is 23.6. The number of aliphatic hydroxyl groups is 2. The lowest BCUT2D eigenvalue weighted by Crippen LogP contribution is -2.10. The Bertz CT molecular complexity index is 1330. The summed E-state index contributed by atoms with van der Waals surface area (Å²) in [6, 6.07) is 12.4. The van der Waals surface area contributed by atoms with Crippen molar-refractivity contribution in [1.29, 1.82) is 0 Å². The van der Waals surface area contributed by atoms with E-state index >= 15 is 0 Å². The van der Waals surface area contributed by atoms with Crippen molar-refractivity contribution in [3.63, 3.8) is 0 Å². The van der Waals surface area contributed by atoms with Gasteiger partial charge in [0.05, 0.1) is 23.2 Å². The van der Waals surface area contributed by atoms with Gasteiger partial charge in [0.15, 0.2) is 0 Å². The minimum Gasteiger partial charge on any atom is -0.493 e. The maximum atomic E-state index is 9.76. The monoisotopic (exact) mass is 459 g/mol. The minimum absolute atomic E-state index is 0.0964. The normalized spacial score (nSPS) is 12.8. The van der Waals surface area contributed by atoms with Gasteiger partial charge in [0.25, 0.3) is 0 Å². The molecule has 0 unspecified atom stereocenters. The first-order chi connectivity index (χ1) is 16.2. The average Bonchev–Trinajstić information content (AvgIpc) is 2.79. The first-order valence-corrected chi connectivity index (χ1v) is 11.7. The van der Waals surface area contributed by atoms with Crippen LogP contribution >= 0.6 is 0 Å². The first kappa shape index (κ1) is 23.9. The summed E-state index contributed by atoms with van der Waals surface area (Å²) in [5.74, 6) is 1.73. The topological polar surface area (TPSA) is 87.5 Å². The van der Waals surface area contributed by atoms with E-state index in [0.29, 0.717) is 13.0 Å². The van der Waals surface area contributed by atoms with E-state index < -0.39 is 5.60 Å². The zero-order chi connectivity index (χ0) is 24.5. The molecule has 6 nitrogen and oxygen atoms in total. The fourth-order valence-corrected chi connectivity index (χ4v) is 4.43. The van der Waals surface area contributed by atoms with Gasteiger partial charge in [0.2, 0.25) is 0 Å². The molecule has 0 amide bonds. The van der Waals surface area contributed by atoms with E-state index in [1.54, 1.807) is 20.8 Å². The summed E-state index contributed by atoms with van der Waals surface area (Å²) in [5.41, 5.74) is 7.08. The molecule has 1 aliphatic rings. The number of hydrogen-bond acceptors (Lipinski definition) is 6. The average molecular weight is 460 g/mol. The summed E-state index contributed by atoms with van der Waals surface area (Å²) in [7, 11) is 1.87. The Balaban J connectivity index is 0.000000499. The molecule has 0 atom stereocenters. The zero-order valence-corrected chi connectivity index (χ0v) is 20.6. The van der Waals surface area contributed by atoms with Crippen molar-refractivity contribution in [3.05, 3.63) is 59.3 Å². The van der Waals surface area contributed by atoms with E-state index in [1.807, 2.05) is 25.4 Å². The predicted octanol–water partition coefficient (Wildman–Crippen LogP) is 5.05. The highest BCUT2D eigenvalue weighted by atomic mass is 16.5. The van der Waals surface area contributed by atoms with E-state index in [4.69, 9.17) is 19.8 Å². The van der Waals surface area contributed by atoms with Crippen LogP contribution in [0.25, 0.3) is 32.9 Å². The molecule has 0 saturated heterocycles. The number of fused-ring (bicyclic) bond motifs is 1. The fourth-order valence-electron chi connectivity index (χ4n) is 4.43. The Hall–Kier alpha value is -3.22. The molecule has 3 N–H and O–H groups in total. The number of anilines is 1. The molecule has 178 valence electrons. The quantitative estimate of drug-likeness (QED) is 0.396. The van der Waals surface area contributed by atoms with Crippen molar-refractivity contribution in [1.82, 2.24) is 9.97 Å². The number of aryl methyl sites for hydroxylation is 1. The summed E-state index contributed by atoms with van der Waals surface area (Å²) in [6.07, 6.45) is 3.36. The third-order valence-electron chi connectivity index (χ3n) is 5.78. The van der Waals surface area contributed by atoms with Crippen molar-refractivity contribution in [3.8, 4) is 16.9 Å². The van der Waals surface area contributed by atoms with Crippen LogP contribution in [0.4, 0.5) is 5.82 Å². The minimum atomic E-state index is -0.500. The molecule has 5 rings (SSSR count). The van der Waals surface area contributed by atoms with E-state index in [-0.39, 0.29) is 6.61 Å². The third-order valence-corrected chi connectivity index (χ3v) is 5.78. The number of aliphatic hydroxyl groups excluding tert-OH is 1. The summed E-state index contributed by atoms with van der Waals surface area (Å²) < 4.78 is 5.91. The predicted molar refractivity (Wildman–Crippen MR) is 139 cm³/mol. The first-order valence-electron chi connectivity index (χ1n) is 11.7. The van der Waals surface area contributed by atoms with Crippen LogP contribution < -0.4 is 10.1 Å². The summed E-state index contributed by atoms with van der Waals surface area (Å²) in [6.45, 7) is 8.11. The number of nitrogens with zero attached hydrogens (tertiary/aromatic N) is 2. The highest BCUT2D eigenvalue weighted by molar-refractivity contribution is 6.07. The molecule has 4 aromatic rings. The van der Waals surface area contributed by atoms with Crippen molar-refractivity contribution < 1.29 is 14.9 Å². The maximum Gasteiger partial charge on any atom is 0.129 e. The molecule has 2 aromatic heterocycles. The molecule has 0 bridgehead atoms. The van der Waals surface area contributed by atoms with Crippen LogP contribution in [0.2, 0.25) is 0 Å². The van der Waals surface area contributed by atoms with Crippen LogP contribution in [0.3, 0.4) is 0 Å². The van der Waals surface area contributed by atoms with Crippen LogP contribution in [0, 0.1) is 6.92 Å². The lowest BCUT2D eigenvalue weighted by atomic mass is 9.88. The largest absolute Gasteiger partial charge is 0.493 e. The molecule has 0 saturated carbocycles. The van der Waals surface area contributed by atoms with Gasteiger partial charge in [-0.2, -0.15) is 0 Å². The van der Waals surface area contributed by atoms with Crippen molar-refractivity contribution in [2.75, 3.05) is 25.6 Å². The number of rotatable bonds is 4. The number of aromatic nitrogens is 2. The van der Waals surface area contributed by atoms with Gasteiger partial charge in [0.1, 0.15) is 11.6 Å². The van der Waals surface area contributed by atoms with Gasteiger partial charge in [-0.3, -0.25) is 4.98 Å². The van der Waals surface area contributed by atoms with Gasteiger partial charge in [-0.1, -0.05) is 0 Å². The highest BCUT2D eigenvalue weighted by Gasteiger charge is 2.21. The van der Waals surface area contributed by atoms with Crippen LogP contribution in [0.5, 0.6) is 5.75 Å². The highest BCUT2D eigenvalue weighted by Crippen LogP contribution is 2.42. The SMILES string of the molecule is CC(C)(C)O.CNc1ccc2c(-c3ccc4c5c(ccnc35)CCO4)c(CCO)c(C)cc2n1. The van der Waals surface area contributed by atoms with Crippen LogP contribution in [0.1, 0.15) is 37.5 Å². The van der Waals surface area contributed by atoms with E-state index in [0.717, 1.165) is 62.0 Å². The van der Waals surface area contributed by atoms with Gasteiger partial charge in [-0.05, 0) is 92.8 Å². The second-order valence-corrected chi connectivity index (χ2v) is 9.61. The lowest BCUT2D eigenvalue weighted by Gasteiger charge is -2.22. The molecular formula is C28H33N3O3. The Kier molecular flexibility index (Phi) is 6.73. The van der Waals surface area contributed by atoms with Crippen molar-refractivity contribution in [2.24, 2.45) is 0 Å². The zero-order valence-electron chi connectivity index (χ0n) is 20.6. The second kappa shape index (κ2) is 9.57. The van der Waals surface area contributed by atoms with E-state index in [2.05, 4.69) is 36.5 Å². The van der Waals surface area contributed by atoms with Crippen LogP contribution in [-0.2, 0) is 12.8 Å². The lowest BCUT2D eigenvalue weighted by molar-refractivity contribution is 0.102. The molecule has 0 fully saturated rings. The smallest absolute Gasteiger partial charge is 0.129 e. The number of ether oxygens (including phenoxy) is 1. The van der Waals surface area contributed by atoms with Gasteiger partial charge in [-0.15, -0.1) is 0 Å². The molecule has 0 spiro atoms. The molecule has 3 heterocycles. The Morgan fingerprint density at radius 3 is 2.59 bits per heavy atom. The number of hydrogen-bond donors (Lipinski definition) is 3. The Labute approximate surface area is 200 Å². The van der Waals surface area contributed by atoms with E-state index in [1.165, 1.54) is 5.56 Å². The van der Waals surface area contributed by atoms with Gasteiger partial charge in [0, 0.05) is 42.6 Å². The number of pyridine rings is 2. The molecular weight excluding hydrogens is 426 g/mol. The van der Waals surface area contributed by atoms with Gasteiger partial charge < -0.3 is 20.3 Å². The molecule has 6 heteroatoms. The van der Waals surface area contributed by atoms with Crippen molar-refractivity contribution in [2.45, 2.75) is 46.1 Å². The molecule has 2 aromatic carbocycles. The number of nitrogens with one attached hydrogen (secondary N) is 1. The van der Waals surface area contributed by atoms with Crippen LogP contribution in [0.15, 0.2) is 42.6 Å². The fraction of sp³-hybridized carbons (Fsp3) is 0.357. The van der Waals surface area contributed by atoms with Crippen molar-refractivity contribution >= 4 is 27.6 Å². The Morgan fingerprint density at radius 1 is 1.12 bits per heavy atom.